The lowest BCUT2D eigenvalue weighted by molar-refractivity contribution is 0.335. The van der Waals surface area contributed by atoms with Crippen molar-refractivity contribution in [2.24, 2.45) is 0 Å². The molecule has 0 radical (unpaired) electrons. The summed E-state index contributed by atoms with van der Waals surface area (Å²) >= 11 is 0. The first kappa shape index (κ1) is 18.4. The molecule has 0 saturated heterocycles. The highest BCUT2D eigenvalue weighted by Crippen LogP contribution is 2.47. The van der Waals surface area contributed by atoms with Gasteiger partial charge in [-0.2, -0.15) is 0 Å². The standard InChI is InChI=1S/C8H14N2O6P2.H2O/c11-17(12,13)6-8(18(14,15)16)10-5-7-2-1-3-9-4-7;/h1-4,8,10H,5-6H2,(H2,11,12,13)(H2,14,15,16);1H2. The molecule has 19 heavy (non-hydrogen) atoms. The fraction of sp³-hybridized carbons (Fsp3) is 0.375. The molecule has 1 aromatic rings. The maximum Gasteiger partial charge on any atom is 0.342 e. The van der Waals surface area contributed by atoms with Gasteiger partial charge in [-0.05, 0) is 11.6 Å². The van der Waals surface area contributed by atoms with E-state index in [-0.39, 0.29) is 12.0 Å². The van der Waals surface area contributed by atoms with Gasteiger partial charge < -0.3 is 25.0 Å². The lowest BCUT2D eigenvalue weighted by atomic mass is 10.3. The van der Waals surface area contributed by atoms with Crippen molar-refractivity contribution in [1.29, 1.82) is 0 Å². The molecule has 9 nitrogen and oxygen atoms in total. The number of nitrogens with one attached hydrogen (secondary N) is 1. The average Bonchev–Trinajstić information content (AvgIpc) is 2.22. The molecule has 110 valence electrons. The number of aromatic nitrogens is 1. The molecule has 1 unspecified atom stereocenters. The molecular formula is C8H16N2O7P2. The van der Waals surface area contributed by atoms with E-state index in [1.54, 1.807) is 18.3 Å². The molecule has 1 atom stereocenters. The summed E-state index contributed by atoms with van der Waals surface area (Å²) in [5, 5.41) is 2.44. The second kappa shape index (κ2) is 7.23. The van der Waals surface area contributed by atoms with Gasteiger partial charge in [0.2, 0.25) is 0 Å². The SMILES string of the molecule is O.O=P(O)(O)CC(NCc1cccnc1)P(=O)(O)O. The van der Waals surface area contributed by atoms with Crippen molar-refractivity contribution in [1.82, 2.24) is 10.3 Å². The van der Waals surface area contributed by atoms with Crippen molar-refractivity contribution in [3.63, 3.8) is 0 Å². The van der Waals surface area contributed by atoms with Crippen LogP contribution in [0, 0.1) is 0 Å². The monoisotopic (exact) mass is 314 g/mol. The Hall–Kier alpha value is -0.630. The number of hydrogen-bond donors (Lipinski definition) is 5. The molecule has 1 aromatic heterocycles. The topological polar surface area (TPSA) is 171 Å². The zero-order valence-electron chi connectivity index (χ0n) is 9.75. The van der Waals surface area contributed by atoms with E-state index in [9.17, 15) is 9.13 Å². The van der Waals surface area contributed by atoms with Crippen LogP contribution in [0.25, 0.3) is 0 Å². The highest BCUT2D eigenvalue weighted by atomic mass is 31.2. The summed E-state index contributed by atoms with van der Waals surface area (Å²) in [6.07, 6.45) is 2.11. The molecule has 0 bridgehead atoms. The molecule has 0 aromatic carbocycles. The summed E-state index contributed by atoms with van der Waals surface area (Å²) < 4.78 is 21.9. The van der Waals surface area contributed by atoms with E-state index in [2.05, 4.69) is 10.3 Å². The van der Waals surface area contributed by atoms with Crippen LogP contribution in [0.4, 0.5) is 0 Å². The molecule has 0 aliphatic carbocycles. The van der Waals surface area contributed by atoms with Crippen LogP contribution in [-0.2, 0) is 15.7 Å². The first-order chi connectivity index (χ1) is 8.18. The van der Waals surface area contributed by atoms with Gasteiger partial charge in [-0.15, -0.1) is 0 Å². The van der Waals surface area contributed by atoms with Crippen molar-refractivity contribution in [3.8, 4) is 0 Å². The molecule has 0 aliphatic rings. The van der Waals surface area contributed by atoms with E-state index in [1.165, 1.54) is 6.20 Å². The number of hydrogen-bond acceptors (Lipinski definition) is 4. The smallest absolute Gasteiger partial charge is 0.342 e. The van der Waals surface area contributed by atoms with Crippen LogP contribution in [0.15, 0.2) is 24.5 Å². The minimum atomic E-state index is -4.63. The second-order valence-electron chi connectivity index (χ2n) is 3.69. The summed E-state index contributed by atoms with van der Waals surface area (Å²) in [6.45, 7) is 0.0591. The van der Waals surface area contributed by atoms with Crippen LogP contribution in [0.5, 0.6) is 0 Å². The molecule has 7 N–H and O–H groups in total. The normalized spacial score (nSPS) is 13.7. The van der Waals surface area contributed by atoms with Gasteiger partial charge in [0, 0.05) is 18.9 Å². The van der Waals surface area contributed by atoms with Gasteiger partial charge in [0.25, 0.3) is 0 Å². The van der Waals surface area contributed by atoms with E-state index in [0.29, 0.717) is 5.56 Å². The highest BCUT2D eigenvalue weighted by Gasteiger charge is 2.34. The Bertz CT molecular complexity index is 471. The molecule has 0 fully saturated rings. The summed E-state index contributed by atoms with van der Waals surface area (Å²) in [5.41, 5.74) is 0.654. The average molecular weight is 314 g/mol. The maximum absolute atomic E-state index is 11.1. The van der Waals surface area contributed by atoms with Gasteiger partial charge in [0.1, 0.15) is 5.78 Å². The Kier molecular flexibility index (Phi) is 6.99. The molecule has 11 heteroatoms. The predicted octanol–water partition coefficient (Wildman–Crippen LogP) is -0.972. The van der Waals surface area contributed by atoms with Crippen molar-refractivity contribution in [2.75, 3.05) is 6.16 Å². The van der Waals surface area contributed by atoms with Crippen molar-refractivity contribution in [3.05, 3.63) is 30.1 Å². The second-order valence-corrected chi connectivity index (χ2v) is 7.19. The minimum absolute atomic E-state index is 0. The van der Waals surface area contributed by atoms with Crippen LogP contribution in [0.1, 0.15) is 5.56 Å². The fourth-order valence-electron chi connectivity index (χ4n) is 1.25. The molecule has 0 aliphatic heterocycles. The summed E-state index contributed by atoms with van der Waals surface area (Å²) in [7, 11) is -9.14. The lowest BCUT2D eigenvalue weighted by Crippen LogP contribution is -2.32. The van der Waals surface area contributed by atoms with Gasteiger partial charge in [-0.3, -0.25) is 19.4 Å². The third-order valence-corrected chi connectivity index (χ3v) is 4.39. The molecule has 0 spiro atoms. The minimum Gasteiger partial charge on any atom is -0.412 e. The van der Waals surface area contributed by atoms with Gasteiger partial charge >= 0.3 is 15.2 Å². The van der Waals surface area contributed by atoms with Crippen LogP contribution in [-0.4, -0.2) is 42.0 Å². The Labute approximate surface area is 109 Å². The Morgan fingerprint density at radius 1 is 1.26 bits per heavy atom. The molecule has 0 amide bonds. The third kappa shape index (κ3) is 7.51. The maximum atomic E-state index is 11.1. The predicted molar refractivity (Wildman–Crippen MR) is 67.4 cm³/mol. The first-order valence-electron chi connectivity index (χ1n) is 4.90. The van der Waals surface area contributed by atoms with Gasteiger partial charge in [-0.1, -0.05) is 6.07 Å². The van der Waals surface area contributed by atoms with Crippen LogP contribution >= 0.6 is 15.2 Å². The van der Waals surface area contributed by atoms with Gasteiger partial charge in [0.15, 0.2) is 0 Å². The number of nitrogens with zero attached hydrogens (tertiary/aromatic N) is 1. The van der Waals surface area contributed by atoms with Crippen molar-refractivity contribution >= 4 is 15.2 Å². The molecule has 1 heterocycles. The lowest BCUT2D eigenvalue weighted by Gasteiger charge is -2.20. The summed E-state index contributed by atoms with van der Waals surface area (Å²) in [5.74, 6) is -1.58. The zero-order chi connectivity index (χ0) is 13.8. The number of rotatable bonds is 6. The van der Waals surface area contributed by atoms with E-state index >= 15 is 0 Å². The third-order valence-electron chi connectivity index (χ3n) is 2.08. The zero-order valence-corrected chi connectivity index (χ0v) is 11.5. The summed E-state index contributed by atoms with van der Waals surface area (Å²) in [4.78, 5) is 39.4. The van der Waals surface area contributed by atoms with Crippen LogP contribution < -0.4 is 5.32 Å². The van der Waals surface area contributed by atoms with Gasteiger partial charge in [-0.25, -0.2) is 0 Å². The highest BCUT2D eigenvalue weighted by molar-refractivity contribution is 7.56. The van der Waals surface area contributed by atoms with Crippen molar-refractivity contribution in [2.45, 2.75) is 12.3 Å². The molecule has 0 saturated carbocycles. The van der Waals surface area contributed by atoms with E-state index in [4.69, 9.17) is 19.6 Å². The van der Waals surface area contributed by atoms with E-state index in [0.717, 1.165) is 0 Å². The van der Waals surface area contributed by atoms with Crippen molar-refractivity contribution < 1.29 is 34.2 Å². The van der Waals surface area contributed by atoms with E-state index in [1.807, 2.05) is 0 Å². The Balaban J connectivity index is 0.00000324. The quantitative estimate of drug-likeness (QED) is 0.417. The number of pyridine rings is 1. The summed E-state index contributed by atoms with van der Waals surface area (Å²) in [6, 6.07) is 3.32. The fourth-order valence-corrected chi connectivity index (χ4v) is 3.65. The molecule has 1 rings (SSSR count). The van der Waals surface area contributed by atoms with Gasteiger partial charge in [0.05, 0.1) is 6.16 Å². The Morgan fingerprint density at radius 2 is 1.89 bits per heavy atom. The first-order valence-corrected chi connectivity index (χ1v) is 8.38. The Morgan fingerprint density at radius 3 is 2.32 bits per heavy atom. The van der Waals surface area contributed by atoms with Crippen LogP contribution in [0.2, 0.25) is 0 Å². The van der Waals surface area contributed by atoms with E-state index < -0.39 is 27.1 Å². The van der Waals surface area contributed by atoms with Crippen LogP contribution in [0.3, 0.4) is 0 Å². The largest absolute Gasteiger partial charge is 0.412 e. The molecular weight excluding hydrogens is 298 g/mol.